The molecule has 3 aromatic rings. The fourth-order valence-corrected chi connectivity index (χ4v) is 2.91. The smallest absolute Gasteiger partial charge is 0.255 e. The third-order valence-electron chi connectivity index (χ3n) is 4.83. The maximum Gasteiger partial charge on any atom is 0.255 e. The van der Waals surface area contributed by atoms with Crippen molar-refractivity contribution in [2.45, 2.75) is 33.1 Å². The fraction of sp³-hybridized carbons (Fsp3) is 0.240. The van der Waals surface area contributed by atoms with Gasteiger partial charge in [0.05, 0.1) is 18.4 Å². The van der Waals surface area contributed by atoms with Gasteiger partial charge in [-0.2, -0.15) is 0 Å². The Kier molecular flexibility index (Phi) is 6.26. The summed E-state index contributed by atoms with van der Waals surface area (Å²) in [5, 5.41) is 2.97. The summed E-state index contributed by atoms with van der Waals surface area (Å²) in [7, 11) is 1.59. The number of hydrogen-bond donors (Lipinski definition) is 2. The van der Waals surface area contributed by atoms with Gasteiger partial charge in [0.2, 0.25) is 5.95 Å². The van der Waals surface area contributed by atoms with Gasteiger partial charge in [0.15, 0.2) is 0 Å². The van der Waals surface area contributed by atoms with Crippen molar-refractivity contribution in [3.8, 4) is 17.6 Å². The van der Waals surface area contributed by atoms with E-state index in [2.05, 4.69) is 47.9 Å². The maximum absolute atomic E-state index is 13.0. The molecule has 0 aliphatic carbocycles. The number of carbonyl (C=O) groups is 1. The van der Waals surface area contributed by atoms with Crippen molar-refractivity contribution in [1.82, 2.24) is 9.97 Å². The van der Waals surface area contributed by atoms with E-state index < -0.39 is 0 Å². The fourth-order valence-electron chi connectivity index (χ4n) is 2.91. The monoisotopic (exact) mass is 414 g/mol. The summed E-state index contributed by atoms with van der Waals surface area (Å²) in [6, 6.07) is 11.3. The molecule has 0 aliphatic rings. The van der Waals surface area contributed by atoms with Gasteiger partial charge in [0, 0.05) is 23.5 Å². The third kappa shape index (κ3) is 5.40. The molecular formula is C25H26N4O2. The molecular weight excluding hydrogens is 388 g/mol. The lowest BCUT2D eigenvalue weighted by Crippen LogP contribution is -2.15. The number of ether oxygens (including phenoxy) is 1. The Morgan fingerprint density at radius 3 is 2.42 bits per heavy atom. The Morgan fingerprint density at radius 2 is 1.77 bits per heavy atom. The molecule has 0 atom stereocenters. The topological polar surface area (TPSA) is 90.1 Å². The lowest BCUT2D eigenvalue weighted by Gasteiger charge is -2.21. The molecule has 0 unspecified atom stereocenters. The highest BCUT2D eigenvalue weighted by molar-refractivity contribution is 6.05. The predicted octanol–water partition coefficient (Wildman–Crippen LogP) is 4.33. The second kappa shape index (κ2) is 8.88. The van der Waals surface area contributed by atoms with E-state index in [-0.39, 0.29) is 17.3 Å². The van der Waals surface area contributed by atoms with Crippen LogP contribution in [0.4, 0.5) is 11.6 Å². The van der Waals surface area contributed by atoms with Crippen molar-refractivity contribution in [1.29, 1.82) is 0 Å². The van der Waals surface area contributed by atoms with Gasteiger partial charge in [-0.15, -0.1) is 0 Å². The molecule has 3 rings (SSSR count). The van der Waals surface area contributed by atoms with Crippen LogP contribution >= 0.6 is 0 Å². The number of aryl methyl sites for hydroxylation is 1. The minimum absolute atomic E-state index is 0.0514. The van der Waals surface area contributed by atoms with E-state index in [9.17, 15) is 4.79 Å². The Bertz CT molecular complexity index is 1170. The highest BCUT2D eigenvalue weighted by Gasteiger charge is 2.17. The summed E-state index contributed by atoms with van der Waals surface area (Å²) in [5.74, 6) is 6.66. The van der Waals surface area contributed by atoms with Gasteiger partial charge in [-0.05, 0) is 47.7 Å². The number of hydrogen-bond acceptors (Lipinski definition) is 5. The number of amides is 1. The van der Waals surface area contributed by atoms with Gasteiger partial charge in [-0.25, -0.2) is 9.97 Å². The summed E-state index contributed by atoms with van der Waals surface area (Å²) in [5.41, 5.74) is 10.1. The van der Waals surface area contributed by atoms with Gasteiger partial charge < -0.3 is 15.8 Å². The summed E-state index contributed by atoms with van der Waals surface area (Å²) in [6.45, 7) is 8.31. The first kappa shape index (κ1) is 21.8. The molecule has 0 bridgehead atoms. The highest BCUT2D eigenvalue weighted by atomic mass is 16.5. The Morgan fingerprint density at radius 1 is 1.06 bits per heavy atom. The van der Waals surface area contributed by atoms with Crippen LogP contribution in [0.25, 0.3) is 0 Å². The van der Waals surface area contributed by atoms with Crippen LogP contribution in [0.15, 0.2) is 48.8 Å². The summed E-state index contributed by atoms with van der Waals surface area (Å²) >= 11 is 0. The molecule has 0 saturated heterocycles. The summed E-state index contributed by atoms with van der Waals surface area (Å²) < 4.78 is 5.43. The van der Waals surface area contributed by atoms with Gasteiger partial charge in [-0.1, -0.05) is 44.7 Å². The zero-order valence-corrected chi connectivity index (χ0v) is 18.4. The zero-order chi connectivity index (χ0) is 22.6. The molecule has 2 aromatic carbocycles. The standard InChI is InChI=1S/C25H26N4O2/c1-16-6-8-19(12-18(16)9-7-17-14-27-24(26)28-15-17)23(30)29-21-13-20(25(2,3)4)10-11-22(21)31-5/h6,8,10-15H,1-5H3,(H,29,30)(H2,26,27,28). The second-order valence-electron chi connectivity index (χ2n) is 8.23. The van der Waals surface area contributed by atoms with E-state index >= 15 is 0 Å². The van der Waals surface area contributed by atoms with Gasteiger partial charge in [0.25, 0.3) is 5.91 Å². The van der Waals surface area contributed by atoms with Crippen LogP contribution in [0.2, 0.25) is 0 Å². The van der Waals surface area contributed by atoms with E-state index in [0.717, 1.165) is 16.7 Å². The summed E-state index contributed by atoms with van der Waals surface area (Å²) in [4.78, 5) is 20.8. The van der Waals surface area contributed by atoms with Crippen molar-refractivity contribution in [2.24, 2.45) is 0 Å². The number of methoxy groups -OCH3 is 1. The van der Waals surface area contributed by atoms with Crippen LogP contribution in [0, 0.1) is 18.8 Å². The largest absolute Gasteiger partial charge is 0.495 e. The van der Waals surface area contributed by atoms with Crippen molar-refractivity contribution < 1.29 is 9.53 Å². The molecule has 6 nitrogen and oxygen atoms in total. The minimum Gasteiger partial charge on any atom is -0.495 e. The number of nitrogens with zero attached hydrogens (tertiary/aromatic N) is 2. The first-order chi connectivity index (χ1) is 14.7. The van der Waals surface area contributed by atoms with Crippen molar-refractivity contribution in [2.75, 3.05) is 18.2 Å². The quantitative estimate of drug-likeness (QED) is 0.623. The van der Waals surface area contributed by atoms with E-state index in [1.165, 1.54) is 0 Å². The van der Waals surface area contributed by atoms with Crippen molar-refractivity contribution >= 4 is 17.5 Å². The zero-order valence-electron chi connectivity index (χ0n) is 18.4. The number of nitrogens with two attached hydrogens (primary N) is 1. The molecule has 0 aliphatic heterocycles. The molecule has 31 heavy (non-hydrogen) atoms. The number of benzene rings is 2. The Hall–Kier alpha value is -3.85. The van der Waals surface area contributed by atoms with E-state index in [1.807, 2.05) is 31.2 Å². The van der Waals surface area contributed by atoms with Crippen LogP contribution in [0.1, 0.15) is 53.4 Å². The van der Waals surface area contributed by atoms with Crippen LogP contribution in [-0.2, 0) is 5.41 Å². The van der Waals surface area contributed by atoms with Crippen LogP contribution in [0.3, 0.4) is 0 Å². The molecule has 1 heterocycles. The maximum atomic E-state index is 13.0. The average molecular weight is 415 g/mol. The Balaban J connectivity index is 1.88. The molecule has 158 valence electrons. The molecule has 1 aromatic heterocycles. The number of rotatable bonds is 3. The molecule has 0 fully saturated rings. The third-order valence-corrected chi connectivity index (χ3v) is 4.83. The van der Waals surface area contributed by atoms with E-state index in [4.69, 9.17) is 10.5 Å². The molecule has 0 radical (unpaired) electrons. The average Bonchev–Trinajstić information content (AvgIpc) is 2.73. The van der Waals surface area contributed by atoms with Crippen LogP contribution in [-0.4, -0.2) is 23.0 Å². The number of carbonyl (C=O) groups excluding carboxylic acids is 1. The van der Waals surface area contributed by atoms with Gasteiger partial charge >= 0.3 is 0 Å². The molecule has 1 amide bonds. The Labute approximate surface area is 182 Å². The first-order valence-electron chi connectivity index (χ1n) is 9.87. The lowest BCUT2D eigenvalue weighted by atomic mass is 9.87. The number of aromatic nitrogens is 2. The molecule has 0 spiro atoms. The number of nitrogens with one attached hydrogen (secondary N) is 1. The van der Waals surface area contributed by atoms with E-state index in [0.29, 0.717) is 22.6 Å². The normalized spacial score (nSPS) is 10.7. The molecule has 0 saturated carbocycles. The summed E-state index contributed by atoms with van der Waals surface area (Å²) in [6.07, 6.45) is 3.13. The van der Waals surface area contributed by atoms with Crippen molar-refractivity contribution in [3.05, 3.63) is 76.6 Å². The van der Waals surface area contributed by atoms with Gasteiger partial charge in [0.1, 0.15) is 5.75 Å². The lowest BCUT2D eigenvalue weighted by molar-refractivity contribution is 0.102. The SMILES string of the molecule is COc1ccc(C(C)(C)C)cc1NC(=O)c1ccc(C)c(C#Cc2cnc(N)nc2)c1. The van der Waals surface area contributed by atoms with E-state index in [1.54, 1.807) is 31.6 Å². The number of nitrogen functional groups attached to an aromatic ring is 1. The highest BCUT2D eigenvalue weighted by Crippen LogP contribution is 2.31. The second-order valence-corrected chi connectivity index (χ2v) is 8.23. The van der Waals surface area contributed by atoms with Crippen molar-refractivity contribution in [3.63, 3.8) is 0 Å². The minimum atomic E-state index is -0.233. The van der Waals surface area contributed by atoms with Crippen LogP contribution in [0.5, 0.6) is 5.75 Å². The van der Waals surface area contributed by atoms with Crippen LogP contribution < -0.4 is 15.8 Å². The molecule has 3 N–H and O–H groups in total. The molecule has 6 heteroatoms. The predicted molar refractivity (Wildman–Crippen MR) is 123 cm³/mol. The number of anilines is 2. The van der Waals surface area contributed by atoms with Gasteiger partial charge in [-0.3, -0.25) is 4.79 Å². The first-order valence-corrected chi connectivity index (χ1v) is 9.87.